The summed E-state index contributed by atoms with van der Waals surface area (Å²) in [6.45, 7) is 5.08. The van der Waals surface area contributed by atoms with Crippen LogP contribution in [-0.2, 0) is 0 Å². The van der Waals surface area contributed by atoms with Crippen LogP contribution in [0.3, 0.4) is 0 Å². The van der Waals surface area contributed by atoms with Gasteiger partial charge in [0.2, 0.25) is 5.88 Å². The molecule has 2 heterocycles. The Balaban J connectivity index is 2.10. The molecule has 1 aliphatic heterocycles. The van der Waals surface area contributed by atoms with E-state index in [0.717, 1.165) is 0 Å². The maximum Gasteiger partial charge on any atom is 0.420 e. The van der Waals surface area contributed by atoms with Crippen LogP contribution in [0.25, 0.3) is 6.08 Å². The molecule has 2 unspecified atom stereocenters. The summed E-state index contributed by atoms with van der Waals surface area (Å²) in [5.41, 5.74) is -0.501. The summed E-state index contributed by atoms with van der Waals surface area (Å²) in [5, 5.41) is 19.6. The van der Waals surface area contributed by atoms with Gasteiger partial charge < -0.3 is 25.8 Å². The SMILES string of the molecule is C=C1C=Cc2c(cccc2NC(c2ccc(OC)nc2)C(O)(CNCC)C(F)(F)F)N1. The van der Waals surface area contributed by atoms with Crippen LogP contribution in [0.15, 0.2) is 54.9 Å². The first kappa shape index (κ1) is 22.6. The van der Waals surface area contributed by atoms with Crippen LogP contribution in [0.2, 0.25) is 0 Å². The van der Waals surface area contributed by atoms with Crippen LogP contribution >= 0.6 is 0 Å². The molecule has 166 valence electrons. The van der Waals surface area contributed by atoms with Gasteiger partial charge in [0.1, 0.15) is 0 Å². The van der Waals surface area contributed by atoms with Crippen molar-refractivity contribution >= 4 is 17.5 Å². The minimum Gasteiger partial charge on any atom is -0.481 e. The molecule has 1 aliphatic rings. The van der Waals surface area contributed by atoms with Crippen LogP contribution < -0.4 is 20.7 Å². The number of rotatable bonds is 8. The second kappa shape index (κ2) is 8.99. The third-order valence-corrected chi connectivity index (χ3v) is 5.07. The third kappa shape index (κ3) is 4.67. The number of hydrogen-bond donors (Lipinski definition) is 4. The Kier molecular flexibility index (Phi) is 6.56. The van der Waals surface area contributed by atoms with Crippen LogP contribution in [0.4, 0.5) is 24.5 Å². The molecule has 0 spiro atoms. The average molecular weight is 434 g/mol. The molecule has 1 aromatic carbocycles. The Morgan fingerprint density at radius 1 is 1.23 bits per heavy atom. The van der Waals surface area contributed by atoms with Crippen molar-refractivity contribution in [3.63, 3.8) is 0 Å². The summed E-state index contributed by atoms with van der Waals surface area (Å²) in [5.74, 6) is 0.257. The van der Waals surface area contributed by atoms with Crippen molar-refractivity contribution in [3.8, 4) is 5.88 Å². The molecule has 0 saturated heterocycles. The second-order valence-corrected chi connectivity index (χ2v) is 7.16. The van der Waals surface area contributed by atoms with Crippen molar-refractivity contribution in [1.29, 1.82) is 0 Å². The number of benzene rings is 1. The van der Waals surface area contributed by atoms with Crippen LogP contribution in [0.5, 0.6) is 5.88 Å². The van der Waals surface area contributed by atoms with E-state index < -0.39 is 24.4 Å². The number of aliphatic hydroxyl groups is 1. The fourth-order valence-corrected chi connectivity index (χ4v) is 3.38. The van der Waals surface area contributed by atoms with Gasteiger partial charge in [-0.2, -0.15) is 13.2 Å². The van der Waals surface area contributed by atoms with Gasteiger partial charge in [-0.25, -0.2) is 4.98 Å². The van der Waals surface area contributed by atoms with Crippen LogP contribution in [0, 0.1) is 0 Å². The molecule has 0 bridgehead atoms. The number of nitrogens with one attached hydrogen (secondary N) is 3. The van der Waals surface area contributed by atoms with E-state index in [0.29, 0.717) is 22.6 Å². The highest BCUT2D eigenvalue weighted by molar-refractivity contribution is 5.83. The number of fused-ring (bicyclic) bond motifs is 1. The van der Waals surface area contributed by atoms with Gasteiger partial charge in [0, 0.05) is 41.4 Å². The lowest BCUT2D eigenvalue weighted by Crippen LogP contribution is -2.58. The number of hydrogen-bond acceptors (Lipinski definition) is 6. The molecule has 9 heteroatoms. The highest BCUT2D eigenvalue weighted by Crippen LogP contribution is 2.43. The van der Waals surface area contributed by atoms with Crippen LogP contribution in [-0.4, -0.2) is 42.1 Å². The van der Waals surface area contributed by atoms with Gasteiger partial charge in [0.25, 0.3) is 0 Å². The zero-order valence-electron chi connectivity index (χ0n) is 17.3. The number of methoxy groups -OCH3 is 1. The lowest BCUT2D eigenvalue weighted by molar-refractivity contribution is -0.264. The van der Waals surface area contributed by atoms with Crippen molar-refractivity contribution in [2.24, 2.45) is 0 Å². The van der Waals surface area contributed by atoms with Crippen molar-refractivity contribution in [3.05, 3.63) is 66.0 Å². The Labute approximate surface area is 178 Å². The quantitative estimate of drug-likeness (QED) is 0.501. The zero-order valence-corrected chi connectivity index (χ0v) is 17.3. The van der Waals surface area contributed by atoms with Gasteiger partial charge in [0.15, 0.2) is 5.60 Å². The Bertz CT molecular complexity index is 960. The van der Waals surface area contributed by atoms with Crippen molar-refractivity contribution in [2.45, 2.75) is 24.7 Å². The number of aromatic nitrogens is 1. The topological polar surface area (TPSA) is 78.4 Å². The summed E-state index contributed by atoms with van der Waals surface area (Å²) in [6.07, 6.45) is -0.169. The Hall–Kier alpha value is -3.04. The van der Waals surface area contributed by atoms with E-state index in [4.69, 9.17) is 4.74 Å². The van der Waals surface area contributed by atoms with Crippen molar-refractivity contribution in [1.82, 2.24) is 10.3 Å². The summed E-state index contributed by atoms with van der Waals surface area (Å²) >= 11 is 0. The smallest absolute Gasteiger partial charge is 0.420 e. The van der Waals surface area contributed by atoms with Gasteiger partial charge in [-0.1, -0.05) is 19.6 Å². The predicted molar refractivity (Wildman–Crippen MR) is 115 cm³/mol. The molecule has 0 saturated carbocycles. The number of nitrogens with zero attached hydrogens (tertiary/aromatic N) is 1. The standard InChI is InChI=1S/C22H25F3N4O2/c1-4-26-13-21(30,22(23,24)25)20(15-9-11-19(31-3)27-12-15)29-18-7-5-6-17-16(18)10-8-14(2)28-17/h5-12,20,26,28-30H,2,4,13H2,1,3H3. The van der Waals surface area contributed by atoms with Crippen molar-refractivity contribution in [2.75, 3.05) is 30.8 Å². The normalized spacial score (nSPS) is 16.1. The molecule has 0 fully saturated rings. The highest BCUT2D eigenvalue weighted by atomic mass is 19.4. The van der Waals surface area contributed by atoms with Gasteiger partial charge in [-0.05, 0) is 42.5 Å². The Morgan fingerprint density at radius 2 is 2.00 bits per heavy atom. The van der Waals surface area contributed by atoms with E-state index in [1.54, 1.807) is 37.3 Å². The van der Waals surface area contributed by atoms with Crippen LogP contribution in [0.1, 0.15) is 24.1 Å². The number of ether oxygens (including phenoxy) is 1. The molecule has 0 radical (unpaired) electrons. The number of halogens is 3. The maximum absolute atomic E-state index is 14.2. The molecule has 0 aliphatic carbocycles. The minimum absolute atomic E-state index is 0.160. The van der Waals surface area contributed by atoms with E-state index in [2.05, 4.69) is 27.5 Å². The third-order valence-electron chi connectivity index (χ3n) is 5.07. The van der Waals surface area contributed by atoms with Crippen molar-refractivity contribution < 1.29 is 23.0 Å². The first-order valence-electron chi connectivity index (χ1n) is 9.73. The zero-order chi connectivity index (χ0) is 22.6. The van der Waals surface area contributed by atoms with E-state index >= 15 is 0 Å². The van der Waals surface area contributed by atoms with Gasteiger partial charge in [-0.15, -0.1) is 0 Å². The summed E-state index contributed by atoms with van der Waals surface area (Å²) in [7, 11) is 1.42. The van der Waals surface area contributed by atoms with E-state index in [9.17, 15) is 18.3 Å². The number of anilines is 2. The molecule has 1 aromatic heterocycles. The van der Waals surface area contributed by atoms with E-state index in [-0.39, 0.29) is 18.0 Å². The average Bonchev–Trinajstić information content (AvgIpc) is 2.75. The maximum atomic E-state index is 14.2. The van der Waals surface area contributed by atoms with E-state index in [1.807, 2.05) is 0 Å². The number of alkyl halides is 3. The Morgan fingerprint density at radius 3 is 2.61 bits per heavy atom. The van der Waals surface area contributed by atoms with Gasteiger partial charge in [-0.3, -0.25) is 0 Å². The fraction of sp³-hybridized carbons (Fsp3) is 0.318. The molecule has 6 nitrogen and oxygen atoms in total. The number of pyridine rings is 1. The molecule has 3 rings (SSSR count). The number of allylic oxidation sites excluding steroid dienone is 1. The second-order valence-electron chi connectivity index (χ2n) is 7.16. The molecule has 2 atom stereocenters. The number of likely N-dealkylation sites (N-methyl/N-ethyl adjacent to an activating group) is 1. The molecular weight excluding hydrogens is 409 g/mol. The lowest BCUT2D eigenvalue weighted by Gasteiger charge is -2.39. The summed E-state index contributed by atoms with van der Waals surface area (Å²) in [4.78, 5) is 4.03. The predicted octanol–water partition coefficient (Wildman–Crippen LogP) is 4.10. The summed E-state index contributed by atoms with van der Waals surface area (Å²) in [6, 6.07) is 6.54. The first-order valence-corrected chi connectivity index (χ1v) is 9.73. The monoisotopic (exact) mass is 434 g/mol. The molecular formula is C22H25F3N4O2. The minimum atomic E-state index is -4.93. The molecule has 0 amide bonds. The van der Waals surface area contributed by atoms with Gasteiger partial charge in [0.05, 0.1) is 13.2 Å². The molecule has 2 aromatic rings. The first-order chi connectivity index (χ1) is 14.7. The summed E-state index contributed by atoms with van der Waals surface area (Å²) < 4.78 is 47.6. The van der Waals surface area contributed by atoms with Gasteiger partial charge >= 0.3 is 6.18 Å². The fourth-order valence-electron chi connectivity index (χ4n) is 3.38. The molecule has 31 heavy (non-hydrogen) atoms. The lowest BCUT2D eigenvalue weighted by atomic mass is 9.87. The van der Waals surface area contributed by atoms with E-state index in [1.165, 1.54) is 25.4 Å². The molecule has 4 N–H and O–H groups in total. The highest BCUT2D eigenvalue weighted by Gasteiger charge is 2.59. The largest absolute Gasteiger partial charge is 0.481 e.